The first-order chi connectivity index (χ1) is 12.0. The predicted octanol–water partition coefficient (Wildman–Crippen LogP) is 2.99. The molecule has 1 fully saturated rings. The fraction of sp³-hybridized carbons (Fsp3) is 0.316. The van der Waals surface area contributed by atoms with E-state index in [0.29, 0.717) is 18.7 Å². The first-order valence-electron chi connectivity index (χ1n) is 8.19. The molecule has 0 heterocycles. The number of benzene rings is 2. The van der Waals surface area contributed by atoms with Gasteiger partial charge in [-0.1, -0.05) is 30.3 Å². The first kappa shape index (κ1) is 17.4. The van der Waals surface area contributed by atoms with Gasteiger partial charge in [0.05, 0.1) is 6.61 Å². The third-order valence-corrected chi connectivity index (χ3v) is 4.67. The van der Waals surface area contributed by atoms with Crippen LogP contribution in [0.2, 0.25) is 0 Å². The van der Waals surface area contributed by atoms with Crippen molar-refractivity contribution in [2.45, 2.75) is 31.4 Å². The highest BCUT2D eigenvalue weighted by Crippen LogP contribution is 2.48. The van der Waals surface area contributed by atoms with Crippen LogP contribution in [0.4, 0.5) is 13.6 Å². The topological polar surface area (TPSA) is 61.4 Å². The molecule has 3 N–H and O–H groups in total. The minimum Gasteiger partial charge on any atom is -0.392 e. The molecule has 132 valence electrons. The van der Waals surface area contributed by atoms with Gasteiger partial charge < -0.3 is 15.7 Å². The van der Waals surface area contributed by atoms with Crippen molar-refractivity contribution in [1.82, 2.24) is 10.6 Å². The Hall–Kier alpha value is -2.47. The van der Waals surface area contributed by atoms with Crippen LogP contribution in [-0.4, -0.2) is 17.7 Å². The highest BCUT2D eigenvalue weighted by Gasteiger charge is 2.46. The SMILES string of the molecule is O=C(NCc1ccccc1CO)NCC1(c2ccc(F)cc2F)CC1. The summed E-state index contributed by atoms with van der Waals surface area (Å²) >= 11 is 0. The summed E-state index contributed by atoms with van der Waals surface area (Å²) in [5.74, 6) is -1.18. The second-order valence-corrected chi connectivity index (χ2v) is 6.37. The average molecular weight is 346 g/mol. The van der Waals surface area contributed by atoms with Crippen LogP contribution in [0.3, 0.4) is 0 Å². The van der Waals surface area contributed by atoms with Crippen LogP contribution >= 0.6 is 0 Å². The molecule has 0 unspecified atom stereocenters. The Kier molecular flexibility index (Phi) is 4.99. The maximum atomic E-state index is 14.0. The van der Waals surface area contributed by atoms with Crippen LogP contribution in [0.1, 0.15) is 29.5 Å². The summed E-state index contributed by atoms with van der Waals surface area (Å²) in [6.45, 7) is 0.496. The van der Waals surface area contributed by atoms with E-state index in [4.69, 9.17) is 0 Å². The fourth-order valence-corrected chi connectivity index (χ4v) is 2.98. The molecule has 25 heavy (non-hydrogen) atoms. The van der Waals surface area contributed by atoms with Gasteiger partial charge in [-0.3, -0.25) is 0 Å². The summed E-state index contributed by atoms with van der Waals surface area (Å²) in [5, 5.41) is 14.8. The average Bonchev–Trinajstić information content (AvgIpc) is 3.39. The van der Waals surface area contributed by atoms with Crippen LogP contribution in [-0.2, 0) is 18.6 Å². The van der Waals surface area contributed by atoms with E-state index in [1.807, 2.05) is 18.2 Å². The molecule has 2 aromatic carbocycles. The number of hydrogen-bond acceptors (Lipinski definition) is 2. The van der Waals surface area contributed by atoms with E-state index in [9.17, 15) is 18.7 Å². The van der Waals surface area contributed by atoms with E-state index >= 15 is 0 Å². The zero-order chi connectivity index (χ0) is 17.9. The molecule has 0 atom stereocenters. The Morgan fingerprint density at radius 3 is 2.44 bits per heavy atom. The predicted molar refractivity (Wildman–Crippen MR) is 89.9 cm³/mol. The molecule has 4 nitrogen and oxygen atoms in total. The second-order valence-electron chi connectivity index (χ2n) is 6.37. The van der Waals surface area contributed by atoms with Crippen molar-refractivity contribution in [3.8, 4) is 0 Å². The van der Waals surface area contributed by atoms with Gasteiger partial charge in [0.1, 0.15) is 11.6 Å². The Labute approximate surface area is 144 Å². The van der Waals surface area contributed by atoms with Gasteiger partial charge in [0, 0.05) is 24.6 Å². The number of urea groups is 1. The molecule has 1 aliphatic carbocycles. The van der Waals surface area contributed by atoms with Crippen molar-refractivity contribution < 1.29 is 18.7 Å². The summed E-state index contributed by atoms with van der Waals surface area (Å²) in [6, 6.07) is 10.5. The molecule has 3 rings (SSSR count). The van der Waals surface area contributed by atoms with Crippen LogP contribution in [0, 0.1) is 11.6 Å². The smallest absolute Gasteiger partial charge is 0.315 e. The summed E-state index contributed by atoms with van der Waals surface area (Å²) < 4.78 is 27.0. The second kappa shape index (κ2) is 7.19. The Morgan fingerprint density at radius 2 is 1.80 bits per heavy atom. The van der Waals surface area contributed by atoms with Crippen molar-refractivity contribution >= 4 is 6.03 Å². The minimum absolute atomic E-state index is 0.0908. The van der Waals surface area contributed by atoms with Crippen molar-refractivity contribution in [3.63, 3.8) is 0 Å². The van der Waals surface area contributed by atoms with Crippen molar-refractivity contribution in [2.75, 3.05) is 6.54 Å². The fourth-order valence-electron chi connectivity index (χ4n) is 2.98. The zero-order valence-corrected chi connectivity index (χ0v) is 13.7. The number of halogens is 2. The molecule has 0 saturated heterocycles. The number of carbonyl (C=O) groups excluding carboxylic acids is 1. The lowest BCUT2D eigenvalue weighted by Crippen LogP contribution is -2.39. The Balaban J connectivity index is 1.55. The number of carbonyl (C=O) groups is 1. The van der Waals surface area contributed by atoms with Gasteiger partial charge in [-0.05, 0) is 35.6 Å². The number of nitrogens with one attached hydrogen (secondary N) is 2. The van der Waals surface area contributed by atoms with E-state index < -0.39 is 17.0 Å². The lowest BCUT2D eigenvalue weighted by Gasteiger charge is -2.18. The third kappa shape index (κ3) is 3.96. The van der Waals surface area contributed by atoms with Gasteiger partial charge in [0.2, 0.25) is 0 Å². The van der Waals surface area contributed by atoms with Crippen molar-refractivity contribution in [3.05, 3.63) is 70.8 Å². The number of amides is 2. The quantitative estimate of drug-likeness (QED) is 0.753. The lowest BCUT2D eigenvalue weighted by molar-refractivity contribution is 0.239. The van der Waals surface area contributed by atoms with Gasteiger partial charge in [-0.25, -0.2) is 13.6 Å². The van der Waals surface area contributed by atoms with Gasteiger partial charge in [-0.15, -0.1) is 0 Å². The van der Waals surface area contributed by atoms with Crippen LogP contribution < -0.4 is 10.6 Å². The molecule has 2 amide bonds. The number of hydrogen-bond donors (Lipinski definition) is 3. The minimum atomic E-state index is -0.606. The molecule has 0 aliphatic heterocycles. The Bertz CT molecular complexity index is 776. The summed E-state index contributed by atoms with van der Waals surface area (Å²) in [6.07, 6.45) is 1.51. The van der Waals surface area contributed by atoms with Crippen LogP contribution in [0.15, 0.2) is 42.5 Å². The normalized spacial score (nSPS) is 14.8. The summed E-state index contributed by atoms with van der Waals surface area (Å²) in [5.41, 5.74) is 1.60. The van der Waals surface area contributed by atoms with E-state index in [1.54, 1.807) is 6.07 Å². The highest BCUT2D eigenvalue weighted by atomic mass is 19.1. The van der Waals surface area contributed by atoms with Gasteiger partial charge in [0.25, 0.3) is 0 Å². The molecular weight excluding hydrogens is 326 g/mol. The molecular formula is C19H20F2N2O2. The summed E-state index contributed by atoms with van der Waals surface area (Å²) in [7, 11) is 0. The standard InChI is InChI=1S/C19H20F2N2O2/c20-15-5-6-16(17(21)9-15)19(7-8-19)12-23-18(25)22-10-13-3-1-2-4-14(13)11-24/h1-6,9,24H,7-8,10-12H2,(H2,22,23,25). The zero-order valence-electron chi connectivity index (χ0n) is 13.7. The third-order valence-electron chi connectivity index (χ3n) is 4.67. The summed E-state index contributed by atoms with van der Waals surface area (Å²) in [4.78, 5) is 12.0. The number of rotatable bonds is 6. The van der Waals surface area contributed by atoms with Crippen molar-refractivity contribution in [1.29, 1.82) is 0 Å². The molecule has 0 bridgehead atoms. The molecule has 0 radical (unpaired) electrons. The van der Waals surface area contributed by atoms with Crippen molar-refractivity contribution in [2.24, 2.45) is 0 Å². The maximum absolute atomic E-state index is 14.0. The molecule has 2 aromatic rings. The highest BCUT2D eigenvalue weighted by molar-refractivity contribution is 5.74. The largest absolute Gasteiger partial charge is 0.392 e. The van der Waals surface area contributed by atoms with E-state index in [2.05, 4.69) is 10.6 Å². The van der Waals surface area contributed by atoms with Gasteiger partial charge >= 0.3 is 6.03 Å². The lowest BCUT2D eigenvalue weighted by atomic mass is 9.95. The van der Waals surface area contributed by atoms with Crippen LogP contribution in [0.5, 0.6) is 0 Å². The molecule has 1 aliphatic rings. The maximum Gasteiger partial charge on any atom is 0.315 e. The Morgan fingerprint density at radius 1 is 1.08 bits per heavy atom. The van der Waals surface area contributed by atoms with Crippen LogP contribution in [0.25, 0.3) is 0 Å². The van der Waals surface area contributed by atoms with Gasteiger partial charge in [-0.2, -0.15) is 0 Å². The number of aliphatic hydroxyl groups excluding tert-OH is 1. The monoisotopic (exact) mass is 346 g/mol. The van der Waals surface area contributed by atoms with E-state index in [1.165, 1.54) is 12.1 Å². The molecule has 0 aromatic heterocycles. The van der Waals surface area contributed by atoms with E-state index in [-0.39, 0.29) is 12.6 Å². The molecule has 1 saturated carbocycles. The number of aliphatic hydroxyl groups is 1. The molecule has 6 heteroatoms. The van der Waals surface area contributed by atoms with E-state index in [0.717, 1.165) is 30.0 Å². The molecule has 0 spiro atoms. The van der Waals surface area contributed by atoms with Gasteiger partial charge in [0.15, 0.2) is 0 Å². The first-order valence-corrected chi connectivity index (χ1v) is 8.19.